The number of anilines is 1. The number of likely N-dealkylation sites (N-methyl/N-ethyl adjacent to an activating group) is 1. The summed E-state index contributed by atoms with van der Waals surface area (Å²) in [6.45, 7) is 4.07. The van der Waals surface area contributed by atoms with Crippen molar-refractivity contribution in [1.82, 2.24) is 9.88 Å². The maximum Gasteiger partial charge on any atom is 0.339 e. The van der Waals surface area contributed by atoms with Gasteiger partial charge in [0.2, 0.25) is 0 Å². The van der Waals surface area contributed by atoms with Gasteiger partial charge in [0.05, 0.1) is 31.0 Å². The lowest BCUT2D eigenvalue weighted by Crippen LogP contribution is -2.32. The number of ether oxygens (including phenoxy) is 3. The number of carbonyl (C=O) groups is 2. The average molecular weight is 450 g/mol. The number of fused-ring (bicyclic) bond motifs is 2. The fraction of sp³-hybridized carbons (Fsp3) is 0.320. The lowest BCUT2D eigenvalue weighted by atomic mass is 9.96. The molecule has 1 N–H and O–H groups in total. The third-order valence-electron chi connectivity index (χ3n) is 5.79. The van der Waals surface area contributed by atoms with Crippen LogP contribution in [0.1, 0.15) is 28.5 Å². The maximum absolute atomic E-state index is 13.2. The molecule has 0 spiro atoms. The highest BCUT2D eigenvalue weighted by Gasteiger charge is 2.26. The molecule has 1 aliphatic rings. The van der Waals surface area contributed by atoms with Crippen LogP contribution in [0.5, 0.6) is 11.5 Å². The van der Waals surface area contributed by atoms with Gasteiger partial charge >= 0.3 is 5.97 Å². The lowest BCUT2D eigenvalue weighted by Gasteiger charge is -2.28. The van der Waals surface area contributed by atoms with Crippen LogP contribution < -0.4 is 14.8 Å². The number of hydrogen-bond acceptors (Lipinski definition) is 7. The molecular formula is C25H27N3O5. The van der Waals surface area contributed by atoms with Gasteiger partial charge in [0.1, 0.15) is 11.5 Å². The highest BCUT2D eigenvalue weighted by Crippen LogP contribution is 2.30. The molecule has 2 aromatic carbocycles. The van der Waals surface area contributed by atoms with Crippen LogP contribution in [0.4, 0.5) is 5.69 Å². The normalized spacial score (nSPS) is 13.3. The Morgan fingerprint density at radius 2 is 1.94 bits per heavy atom. The lowest BCUT2D eigenvalue weighted by molar-refractivity contribution is -0.119. The van der Waals surface area contributed by atoms with Gasteiger partial charge in [-0.2, -0.15) is 0 Å². The quantitative estimate of drug-likeness (QED) is 0.553. The molecule has 0 radical (unpaired) electrons. The second-order valence-electron chi connectivity index (χ2n) is 7.74. The Kier molecular flexibility index (Phi) is 6.74. The van der Waals surface area contributed by atoms with Crippen molar-refractivity contribution in [3.8, 4) is 11.5 Å². The van der Waals surface area contributed by atoms with E-state index in [0.717, 1.165) is 41.7 Å². The molecule has 0 unspecified atom stereocenters. The van der Waals surface area contributed by atoms with E-state index in [1.54, 1.807) is 18.2 Å². The van der Waals surface area contributed by atoms with Gasteiger partial charge in [-0.25, -0.2) is 4.79 Å². The van der Waals surface area contributed by atoms with Crippen molar-refractivity contribution < 1.29 is 23.8 Å². The van der Waals surface area contributed by atoms with Gasteiger partial charge < -0.3 is 19.5 Å². The molecule has 4 rings (SSSR count). The Morgan fingerprint density at radius 3 is 2.70 bits per heavy atom. The van der Waals surface area contributed by atoms with Crippen LogP contribution in [0.15, 0.2) is 42.5 Å². The van der Waals surface area contributed by atoms with Crippen LogP contribution in [-0.4, -0.2) is 55.7 Å². The van der Waals surface area contributed by atoms with E-state index in [-0.39, 0.29) is 0 Å². The van der Waals surface area contributed by atoms with Gasteiger partial charge in [-0.3, -0.25) is 14.7 Å². The summed E-state index contributed by atoms with van der Waals surface area (Å²) in [5.74, 6) is 0.0377. The standard InChI is InChI=1S/C25H27N3O5/c1-4-28-12-11-20-18(14-28)24(17-7-5-6-8-19(17)26-20)25(30)33-15-23(29)27-21-13-16(31-2)9-10-22(21)32-3/h5-10,13H,4,11-12,14-15H2,1-3H3,(H,27,29). The zero-order chi connectivity index (χ0) is 23.4. The number of carbonyl (C=O) groups excluding carboxylic acids is 2. The summed E-state index contributed by atoms with van der Waals surface area (Å²) >= 11 is 0. The molecule has 33 heavy (non-hydrogen) atoms. The largest absolute Gasteiger partial charge is 0.497 e. The maximum atomic E-state index is 13.2. The van der Waals surface area contributed by atoms with Crippen LogP contribution in [0.25, 0.3) is 10.9 Å². The fourth-order valence-electron chi connectivity index (χ4n) is 4.05. The Bertz CT molecular complexity index is 1190. The summed E-state index contributed by atoms with van der Waals surface area (Å²) in [6.07, 6.45) is 0.768. The van der Waals surface area contributed by atoms with Crippen LogP contribution in [0.2, 0.25) is 0 Å². The van der Waals surface area contributed by atoms with E-state index in [0.29, 0.717) is 29.3 Å². The number of rotatable bonds is 7. The van der Waals surface area contributed by atoms with Crippen molar-refractivity contribution in [3.63, 3.8) is 0 Å². The van der Waals surface area contributed by atoms with Crippen molar-refractivity contribution in [3.05, 3.63) is 59.3 Å². The molecule has 0 saturated heterocycles. The third kappa shape index (κ3) is 4.75. The molecule has 8 nitrogen and oxygen atoms in total. The molecule has 8 heteroatoms. The summed E-state index contributed by atoms with van der Waals surface area (Å²) in [5.41, 5.74) is 3.46. The van der Waals surface area contributed by atoms with Crippen LogP contribution in [-0.2, 0) is 22.5 Å². The summed E-state index contributed by atoms with van der Waals surface area (Å²) in [7, 11) is 3.04. The summed E-state index contributed by atoms with van der Waals surface area (Å²) in [5, 5.41) is 3.45. The number of nitrogens with zero attached hydrogens (tertiary/aromatic N) is 2. The van der Waals surface area contributed by atoms with E-state index >= 15 is 0 Å². The molecule has 1 aromatic heterocycles. The minimum Gasteiger partial charge on any atom is -0.497 e. The molecule has 172 valence electrons. The van der Waals surface area contributed by atoms with E-state index < -0.39 is 18.5 Å². The van der Waals surface area contributed by atoms with E-state index in [4.69, 9.17) is 19.2 Å². The van der Waals surface area contributed by atoms with Crippen molar-refractivity contribution in [2.75, 3.05) is 39.2 Å². The third-order valence-corrected chi connectivity index (χ3v) is 5.79. The van der Waals surface area contributed by atoms with Crippen molar-refractivity contribution in [2.45, 2.75) is 19.9 Å². The van der Waals surface area contributed by atoms with E-state index in [2.05, 4.69) is 17.1 Å². The zero-order valence-electron chi connectivity index (χ0n) is 19.0. The minimum atomic E-state index is -0.532. The number of pyridine rings is 1. The molecule has 0 aliphatic carbocycles. The Hall–Kier alpha value is -3.65. The molecule has 0 bridgehead atoms. The molecule has 0 fully saturated rings. The first-order valence-electron chi connectivity index (χ1n) is 10.9. The van der Waals surface area contributed by atoms with Crippen molar-refractivity contribution >= 4 is 28.5 Å². The van der Waals surface area contributed by atoms with Gasteiger partial charge in [-0.15, -0.1) is 0 Å². The minimum absolute atomic E-state index is 0.428. The van der Waals surface area contributed by atoms with Gasteiger partial charge in [0.15, 0.2) is 6.61 Å². The average Bonchev–Trinajstić information content (AvgIpc) is 2.85. The number of amides is 1. The van der Waals surface area contributed by atoms with Crippen LogP contribution in [0, 0.1) is 0 Å². The SMILES string of the molecule is CCN1CCc2nc3ccccc3c(C(=O)OCC(=O)Nc3cc(OC)ccc3OC)c2C1. The Morgan fingerprint density at radius 1 is 1.12 bits per heavy atom. The topological polar surface area (TPSA) is 90.0 Å². The van der Waals surface area contributed by atoms with Crippen molar-refractivity contribution in [1.29, 1.82) is 0 Å². The van der Waals surface area contributed by atoms with Gasteiger partial charge in [-0.05, 0) is 24.7 Å². The Labute approximate surface area is 192 Å². The fourth-order valence-corrected chi connectivity index (χ4v) is 4.05. The summed E-state index contributed by atoms with van der Waals surface area (Å²) in [4.78, 5) is 32.8. The first kappa shape index (κ1) is 22.5. The molecule has 1 amide bonds. The molecule has 1 aliphatic heterocycles. The highest BCUT2D eigenvalue weighted by atomic mass is 16.5. The van der Waals surface area contributed by atoms with E-state index in [9.17, 15) is 9.59 Å². The van der Waals surface area contributed by atoms with Crippen LogP contribution >= 0.6 is 0 Å². The Balaban J connectivity index is 1.56. The monoisotopic (exact) mass is 449 g/mol. The molecule has 0 atom stereocenters. The second kappa shape index (κ2) is 9.87. The van der Waals surface area contributed by atoms with E-state index in [1.165, 1.54) is 14.2 Å². The number of aromatic nitrogens is 1. The summed E-state index contributed by atoms with van der Waals surface area (Å²) in [6, 6.07) is 12.6. The molecular weight excluding hydrogens is 422 g/mol. The van der Waals surface area contributed by atoms with Crippen molar-refractivity contribution in [2.24, 2.45) is 0 Å². The summed E-state index contributed by atoms with van der Waals surface area (Å²) < 4.78 is 15.9. The number of nitrogens with one attached hydrogen (secondary N) is 1. The number of methoxy groups -OCH3 is 2. The number of benzene rings is 2. The molecule has 2 heterocycles. The van der Waals surface area contributed by atoms with Gasteiger partial charge in [0, 0.05) is 42.2 Å². The predicted octanol–water partition coefficient (Wildman–Crippen LogP) is 3.43. The van der Waals surface area contributed by atoms with E-state index in [1.807, 2.05) is 24.3 Å². The predicted molar refractivity (Wildman–Crippen MR) is 125 cm³/mol. The van der Waals surface area contributed by atoms with Gasteiger partial charge in [-0.1, -0.05) is 25.1 Å². The first-order valence-corrected chi connectivity index (χ1v) is 10.9. The molecule has 0 saturated carbocycles. The van der Waals surface area contributed by atoms with Gasteiger partial charge in [0.25, 0.3) is 5.91 Å². The number of esters is 1. The second-order valence-corrected chi connectivity index (χ2v) is 7.74. The number of hydrogen-bond donors (Lipinski definition) is 1. The molecule has 3 aromatic rings. The highest BCUT2D eigenvalue weighted by molar-refractivity contribution is 6.06. The number of para-hydroxylation sites is 1. The van der Waals surface area contributed by atoms with Crippen LogP contribution in [0.3, 0.4) is 0 Å². The smallest absolute Gasteiger partial charge is 0.339 e. The zero-order valence-corrected chi connectivity index (χ0v) is 19.0. The first-order chi connectivity index (χ1) is 16.0.